The lowest BCUT2D eigenvalue weighted by molar-refractivity contribution is -0.143. The maximum Gasteiger partial charge on any atom is 0.306 e. The normalized spacial score (nSPS) is 37.9. The third kappa shape index (κ3) is 4.01. The van der Waals surface area contributed by atoms with Gasteiger partial charge in [0.05, 0.1) is 12.0 Å². The van der Waals surface area contributed by atoms with E-state index in [-0.39, 0.29) is 23.4 Å². The Labute approximate surface area is 170 Å². The molecule has 0 radical (unpaired) electrons. The molecular formula is C25H38O3. The standard InChI is InChI=1S/C25H38O3/c1-15-10-12-25(5)13-11-20(18(4)24(27)28)21(25)9-7-16(2)19-8-6-17(3)23(19)22(26)14-15/h7,10,17-18,20-22,26H,6,8-9,11-14H2,1-5H3,(H,27,28). The highest BCUT2D eigenvalue weighted by Crippen LogP contribution is 2.54. The number of allylic oxidation sites excluding steroid dienone is 4. The van der Waals surface area contributed by atoms with Gasteiger partial charge in [0, 0.05) is 0 Å². The number of aliphatic carboxylic acids is 1. The van der Waals surface area contributed by atoms with Crippen molar-refractivity contribution in [3.05, 3.63) is 34.4 Å². The zero-order chi connectivity index (χ0) is 20.6. The number of aliphatic hydroxyl groups excluding tert-OH is 1. The van der Waals surface area contributed by atoms with Crippen LogP contribution in [-0.2, 0) is 4.79 Å². The maximum absolute atomic E-state index is 11.7. The predicted molar refractivity (Wildman–Crippen MR) is 114 cm³/mol. The number of hydrogen-bond donors (Lipinski definition) is 2. The van der Waals surface area contributed by atoms with Crippen LogP contribution in [0.15, 0.2) is 34.4 Å². The van der Waals surface area contributed by atoms with Gasteiger partial charge in [0.25, 0.3) is 0 Å². The van der Waals surface area contributed by atoms with Gasteiger partial charge in [-0.05, 0) is 93.1 Å². The summed E-state index contributed by atoms with van der Waals surface area (Å²) in [6.07, 6.45) is 11.2. The molecule has 3 aliphatic carbocycles. The second kappa shape index (κ2) is 8.18. The minimum atomic E-state index is -0.662. The smallest absolute Gasteiger partial charge is 0.306 e. The zero-order valence-electron chi connectivity index (χ0n) is 18.3. The van der Waals surface area contributed by atoms with Gasteiger partial charge < -0.3 is 10.2 Å². The van der Waals surface area contributed by atoms with Crippen LogP contribution >= 0.6 is 0 Å². The molecule has 156 valence electrons. The van der Waals surface area contributed by atoms with E-state index in [4.69, 9.17) is 0 Å². The minimum absolute atomic E-state index is 0.136. The number of carboxylic acids is 1. The number of hydrogen-bond acceptors (Lipinski definition) is 2. The van der Waals surface area contributed by atoms with Crippen LogP contribution in [0, 0.1) is 29.1 Å². The molecule has 6 atom stereocenters. The summed E-state index contributed by atoms with van der Waals surface area (Å²) in [6, 6.07) is 0. The number of fused-ring (bicyclic) bond motifs is 1. The van der Waals surface area contributed by atoms with Crippen LogP contribution in [0.4, 0.5) is 0 Å². The fraction of sp³-hybridized carbons (Fsp3) is 0.720. The number of carbonyl (C=O) groups is 1. The van der Waals surface area contributed by atoms with Crippen LogP contribution in [0.25, 0.3) is 0 Å². The maximum atomic E-state index is 11.7. The highest BCUT2D eigenvalue weighted by atomic mass is 16.4. The van der Waals surface area contributed by atoms with Crippen molar-refractivity contribution < 1.29 is 15.0 Å². The number of carboxylic acid groups (broad SMARTS) is 1. The van der Waals surface area contributed by atoms with Gasteiger partial charge in [-0.1, -0.05) is 44.1 Å². The molecule has 0 amide bonds. The largest absolute Gasteiger partial charge is 0.481 e. The fourth-order valence-corrected chi connectivity index (χ4v) is 6.14. The van der Waals surface area contributed by atoms with Gasteiger partial charge in [0.15, 0.2) is 0 Å². The van der Waals surface area contributed by atoms with Crippen molar-refractivity contribution in [1.29, 1.82) is 0 Å². The van der Waals surface area contributed by atoms with Crippen molar-refractivity contribution in [2.75, 3.05) is 0 Å². The summed E-state index contributed by atoms with van der Waals surface area (Å²) in [6.45, 7) is 10.8. The lowest BCUT2D eigenvalue weighted by Crippen LogP contribution is -2.30. The third-order valence-corrected chi connectivity index (χ3v) is 8.14. The van der Waals surface area contributed by atoms with E-state index in [1.165, 1.54) is 22.3 Å². The van der Waals surface area contributed by atoms with Crippen molar-refractivity contribution in [2.24, 2.45) is 29.1 Å². The van der Waals surface area contributed by atoms with Gasteiger partial charge in [-0.25, -0.2) is 0 Å². The first-order valence-corrected chi connectivity index (χ1v) is 11.1. The van der Waals surface area contributed by atoms with Crippen LogP contribution in [0.5, 0.6) is 0 Å². The Bertz CT molecular complexity index is 713. The molecule has 6 unspecified atom stereocenters. The van der Waals surface area contributed by atoms with Gasteiger partial charge in [0.1, 0.15) is 0 Å². The van der Waals surface area contributed by atoms with Gasteiger partial charge in [-0.2, -0.15) is 0 Å². The Morgan fingerprint density at radius 2 is 1.96 bits per heavy atom. The molecule has 3 heteroatoms. The third-order valence-electron chi connectivity index (χ3n) is 8.14. The monoisotopic (exact) mass is 386 g/mol. The van der Waals surface area contributed by atoms with E-state index < -0.39 is 5.97 Å². The molecule has 0 aromatic rings. The van der Waals surface area contributed by atoms with Crippen molar-refractivity contribution >= 4 is 5.97 Å². The minimum Gasteiger partial charge on any atom is -0.481 e. The van der Waals surface area contributed by atoms with Crippen LogP contribution in [0.1, 0.15) is 79.6 Å². The van der Waals surface area contributed by atoms with Crippen molar-refractivity contribution in [2.45, 2.75) is 85.7 Å². The lowest BCUT2D eigenvalue weighted by atomic mass is 9.69. The average molecular weight is 387 g/mol. The Balaban J connectivity index is 2.01. The topological polar surface area (TPSA) is 57.5 Å². The molecule has 28 heavy (non-hydrogen) atoms. The van der Waals surface area contributed by atoms with Crippen LogP contribution in [0.3, 0.4) is 0 Å². The van der Waals surface area contributed by atoms with Crippen LogP contribution < -0.4 is 0 Å². The Hall–Kier alpha value is -1.35. The summed E-state index contributed by atoms with van der Waals surface area (Å²) in [5, 5.41) is 20.6. The first-order chi connectivity index (χ1) is 13.1. The Morgan fingerprint density at radius 3 is 2.64 bits per heavy atom. The fourth-order valence-electron chi connectivity index (χ4n) is 6.14. The molecule has 0 saturated heterocycles. The SMILES string of the molecule is CC1=CCC2(C)CCC(C(C)C(=O)O)C2CC=C(C)C2=C(C(C)CC2)C(O)C1. The van der Waals surface area contributed by atoms with Gasteiger partial charge in [-0.3, -0.25) is 4.79 Å². The van der Waals surface area contributed by atoms with E-state index in [2.05, 4.69) is 39.8 Å². The number of aliphatic hydroxyl groups is 1. The molecule has 3 rings (SSSR count). The summed E-state index contributed by atoms with van der Waals surface area (Å²) >= 11 is 0. The molecule has 3 nitrogen and oxygen atoms in total. The predicted octanol–water partition coefficient (Wildman–Crippen LogP) is 5.90. The Kier molecular flexibility index (Phi) is 6.24. The lowest BCUT2D eigenvalue weighted by Gasteiger charge is -2.35. The van der Waals surface area contributed by atoms with E-state index >= 15 is 0 Å². The van der Waals surface area contributed by atoms with Gasteiger partial charge in [0.2, 0.25) is 0 Å². The molecule has 1 fully saturated rings. The molecule has 2 N–H and O–H groups in total. The molecule has 0 aromatic carbocycles. The first kappa shape index (κ1) is 21.4. The second-order valence-corrected chi connectivity index (χ2v) is 10.1. The highest BCUT2D eigenvalue weighted by Gasteiger charge is 2.47. The average Bonchev–Trinajstić information content (AvgIpc) is 3.17. The molecule has 0 heterocycles. The van der Waals surface area contributed by atoms with Crippen molar-refractivity contribution in [1.82, 2.24) is 0 Å². The molecule has 0 aliphatic heterocycles. The van der Waals surface area contributed by atoms with Gasteiger partial charge in [-0.15, -0.1) is 0 Å². The molecular weight excluding hydrogens is 348 g/mol. The summed E-state index contributed by atoms with van der Waals surface area (Å²) in [4.78, 5) is 11.7. The van der Waals surface area contributed by atoms with E-state index in [0.717, 1.165) is 38.5 Å². The van der Waals surface area contributed by atoms with Gasteiger partial charge >= 0.3 is 5.97 Å². The first-order valence-electron chi connectivity index (χ1n) is 11.1. The summed E-state index contributed by atoms with van der Waals surface area (Å²) in [5.41, 5.74) is 5.30. The number of rotatable bonds is 2. The zero-order valence-corrected chi connectivity index (χ0v) is 18.3. The second-order valence-electron chi connectivity index (χ2n) is 10.1. The van der Waals surface area contributed by atoms with Crippen LogP contribution in [-0.4, -0.2) is 22.3 Å². The summed E-state index contributed by atoms with van der Waals surface area (Å²) < 4.78 is 0. The molecule has 0 spiro atoms. The Morgan fingerprint density at radius 1 is 1.25 bits per heavy atom. The van der Waals surface area contributed by atoms with Crippen LogP contribution in [0.2, 0.25) is 0 Å². The van der Waals surface area contributed by atoms with E-state index in [1.54, 1.807) is 0 Å². The quantitative estimate of drug-likeness (QED) is 0.581. The highest BCUT2D eigenvalue weighted by molar-refractivity contribution is 5.70. The van der Waals surface area contributed by atoms with Crippen molar-refractivity contribution in [3.8, 4) is 0 Å². The molecule has 0 bridgehead atoms. The molecule has 1 saturated carbocycles. The summed E-state index contributed by atoms with van der Waals surface area (Å²) in [7, 11) is 0. The van der Waals surface area contributed by atoms with E-state index in [0.29, 0.717) is 18.3 Å². The van der Waals surface area contributed by atoms with E-state index in [9.17, 15) is 15.0 Å². The van der Waals surface area contributed by atoms with Crippen molar-refractivity contribution in [3.63, 3.8) is 0 Å². The molecule has 0 aromatic heterocycles. The van der Waals surface area contributed by atoms with E-state index in [1.807, 2.05) is 6.92 Å². The molecule has 3 aliphatic rings. The summed E-state index contributed by atoms with van der Waals surface area (Å²) in [5.74, 6) is 0.127.